The summed E-state index contributed by atoms with van der Waals surface area (Å²) in [6.45, 7) is 8.93. The molecule has 1 N–H and O–H groups in total. The number of thioether (sulfide) groups is 1. The molecule has 2 aromatic heterocycles. The van der Waals surface area contributed by atoms with Gasteiger partial charge in [0.15, 0.2) is 5.16 Å². The van der Waals surface area contributed by atoms with Crippen LogP contribution in [0.5, 0.6) is 0 Å². The number of rotatable bonds is 7. The molecule has 0 atom stereocenters. The predicted molar refractivity (Wildman–Crippen MR) is 129 cm³/mol. The summed E-state index contributed by atoms with van der Waals surface area (Å²) in [6, 6.07) is 13.3. The van der Waals surface area contributed by atoms with E-state index in [2.05, 4.69) is 29.4 Å². The van der Waals surface area contributed by atoms with Crippen LogP contribution in [0.25, 0.3) is 22.4 Å². The van der Waals surface area contributed by atoms with E-state index >= 15 is 0 Å². The predicted octanol–water partition coefficient (Wildman–Crippen LogP) is 3.90. The molecule has 1 amide bonds. The summed E-state index contributed by atoms with van der Waals surface area (Å²) < 4.78 is 3.48. The maximum absolute atomic E-state index is 13.5. The number of hydrogen-bond acceptors (Lipinski definition) is 5. The largest absolute Gasteiger partial charge is 0.355 e. The van der Waals surface area contributed by atoms with Gasteiger partial charge in [0.1, 0.15) is 0 Å². The van der Waals surface area contributed by atoms with Crippen LogP contribution in [0.4, 0.5) is 0 Å². The first-order valence-corrected chi connectivity index (χ1v) is 11.7. The van der Waals surface area contributed by atoms with Crippen molar-refractivity contribution < 1.29 is 4.79 Å². The van der Waals surface area contributed by atoms with Gasteiger partial charge < -0.3 is 5.32 Å². The van der Waals surface area contributed by atoms with E-state index in [0.717, 1.165) is 28.8 Å². The fraction of sp³-hybridized carbons (Fsp3) is 0.333. The Kier molecular flexibility index (Phi) is 6.32. The van der Waals surface area contributed by atoms with E-state index in [1.807, 2.05) is 60.7 Å². The average molecular weight is 450 g/mol. The van der Waals surface area contributed by atoms with Crippen LogP contribution in [0.3, 0.4) is 0 Å². The molecule has 4 rings (SSSR count). The second-order valence-electron chi connectivity index (χ2n) is 8.32. The maximum Gasteiger partial charge on any atom is 0.267 e. The fourth-order valence-corrected chi connectivity index (χ4v) is 4.42. The normalized spacial score (nSPS) is 11.5. The lowest BCUT2D eigenvalue weighted by atomic mass is 10.1. The molecule has 0 spiro atoms. The highest BCUT2D eigenvalue weighted by Gasteiger charge is 2.19. The van der Waals surface area contributed by atoms with Crippen molar-refractivity contribution in [3.63, 3.8) is 0 Å². The number of fused-ring (bicyclic) bond motifs is 3. The first-order chi connectivity index (χ1) is 15.4. The van der Waals surface area contributed by atoms with E-state index in [9.17, 15) is 9.59 Å². The highest BCUT2D eigenvalue weighted by molar-refractivity contribution is 7.99. The maximum atomic E-state index is 13.5. The van der Waals surface area contributed by atoms with Gasteiger partial charge in [-0.1, -0.05) is 49.9 Å². The number of benzene rings is 2. The zero-order chi connectivity index (χ0) is 22.8. The minimum atomic E-state index is -0.142. The number of para-hydroxylation sites is 1. The first kappa shape index (κ1) is 22.1. The van der Waals surface area contributed by atoms with Gasteiger partial charge in [0.25, 0.3) is 5.56 Å². The van der Waals surface area contributed by atoms with Crippen LogP contribution in [0.1, 0.15) is 31.4 Å². The third kappa shape index (κ3) is 4.14. The third-order valence-electron chi connectivity index (χ3n) is 5.59. The summed E-state index contributed by atoms with van der Waals surface area (Å²) in [5.41, 5.74) is 3.46. The van der Waals surface area contributed by atoms with Crippen molar-refractivity contribution in [1.82, 2.24) is 24.5 Å². The third-order valence-corrected chi connectivity index (χ3v) is 6.52. The number of aromatic nitrogens is 4. The molecule has 2 heterocycles. The van der Waals surface area contributed by atoms with Crippen molar-refractivity contribution in [2.75, 3.05) is 12.3 Å². The lowest BCUT2D eigenvalue weighted by molar-refractivity contribution is -0.118. The van der Waals surface area contributed by atoms with Gasteiger partial charge in [-0.3, -0.25) is 14.0 Å². The number of hydrogen-bond donors (Lipinski definition) is 1. The molecule has 8 heteroatoms. The van der Waals surface area contributed by atoms with Gasteiger partial charge in [-0.15, -0.1) is 10.2 Å². The Morgan fingerprint density at radius 2 is 1.88 bits per heavy atom. The van der Waals surface area contributed by atoms with Crippen LogP contribution >= 0.6 is 11.8 Å². The van der Waals surface area contributed by atoms with Gasteiger partial charge in [-0.25, -0.2) is 4.57 Å². The lowest BCUT2D eigenvalue weighted by Gasteiger charge is -2.14. The molecule has 0 radical (unpaired) electrons. The Balaban J connectivity index is 1.79. The monoisotopic (exact) mass is 449 g/mol. The van der Waals surface area contributed by atoms with Crippen molar-refractivity contribution >= 4 is 34.3 Å². The quantitative estimate of drug-likeness (QED) is 0.433. The molecule has 32 heavy (non-hydrogen) atoms. The number of carbonyl (C=O) groups excluding carboxylic acids is 1. The number of carbonyl (C=O) groups is 1. The highest BCUT2D eigenvalue weighted by atomic mass is 32.2. The average Bonchev–Trinajstić information content (AvgIpc) is 3.19. The Morgan fingerprint density at radius 3 is 2.66 bits per heavy atom. The summed E-state index contributed by atoms with van der Waals surface area (Å²) in [6.07, 6.45) is 0.941. The van der Waals surface area contributed by atoms with E-state index in [1.165, 1.54) is 11.8 Å². The van der Waals surface area contributed by atoms with Gasteiger partial charge in [0.05, 0.1) is 22.3 Å². The summed E-state index contributed by atoms with van der Waals surface area (Å²) in [7, 11) is 0. The van der Waals surface area contributed by atoms with Crippen molar-refractivity contribution in [3.8, 4) is 5.69 Å². The van der Waals surface area contributed by atoms with Crippen LogP contribution in [-0.4, -0.2) is 37.4 Å². The topological polar surface area (TPSA) is 81.3 Å². The number of amides is 1. The van der Waals surface area contributed by atoms with Crippen LogP contribution in [0, 0.1) is 19.8 Å². The number of nitrogens with zero attached hydrogens (tertiary/aromatic N) is 4. The molecule has 166 valence electrons. The van der Waals surface area contributed by atoms with Gasteiger partial charge in [0, 0.05) is 6.54 Å². The molecule has 4 aromatic rings. The van der Waals surface area contributed by atoms with Crippen molar-refractivity contribution in [2.24, 2.45) is 5.92 Å². The second-order valence-corrected chi connectivity index (χ2v) is 9.26. The smallest absolute Gasteiger partial charge is 0.267 e. The lowest BCUT2D eigenvalue weighted by Crippen LogP contribution is -2.27. The molecule has 0 saturated heterocycles. The minimum absolute atomic E-state index is 0.0421. The van der Waals surface area contributed by atoms with Gasteiger partial charge in [-0.2, -0.15) is 0 Å². The van der Waals surface area contributed by atoms with Crippen molar-refractivity contribution in [1.29, 1.82) is 0 Å². The standard InChI is InChI=1S/C24H27N5O2S/c1-15(2)12-13-25-21(30)14-32-24-27-26-23-28(19-11-7-8-16(3)17(19)4)22(31)18-9-5-6-10-20(18)29(23)24/h5-11,15H,12-14H2,1-4H3,(H,25,30). The SMILES string of the molecule is Cc1cccc(-n2c(=O)c3ccccc3n3c(SCC(=O)NCCC(C)C)nnc23)c1C. The summed E-state index contributed by atoms with van der Waals surface area (Å²) in [5.74, 6) is 1.16. The fourth-order valence-electron chi connectivity index (χ4n) is 3.65. The number of nitrogens with one attached hydrogen (secondary N) is 1. The van der Waals surface area contributed by atoms with E-state index < -0.39 is 0 Å². The van der Waals surface area contributed by atoms with Crippen LogP contribution in [0.15, 0.2) is 52.4 Å². The Labute approximate surface area is 190 Å². The zero-order valence-electron chi connectivity index (χ0n) is 18.8. The summed E-state index contributed by atoms with van der Waals surface area (Å²) >= 11 is 1.32. The Morgan fingerprint density at radius 1 is 1.09 bits per heavy atom. The molecule has 0 aliphatic rings. The molecule has 0 fully saturated rings. The summed E-state index contributed by atoms with van der Waals surface area (Å²) in [5, 5.41) is 12.8. The van der Waals surface area contributed by atoms with Crippen LogP contribution in [0.2, 0.25) is 0 Å². The van der Waals surface area contributed by atoms with Gasteiger partial charge in [0.2, 0.25) is 11.7 Å². The van der Waals surface area contributed by atoms with Crippen LogP contribution < -0.4 is 10.9 Å². The molecular weight excluding hydrogens is 422 g/mol. The second kappa shape index (κ2) is 9.16. The van der Waals surface area contributed by atoms with Gasteiger partial charge >= 0.3 is 0 Å². The molecule has 0 unspecified atom stereocenters. The Bertz CT molecular complexity index is 1360. The highest BCUT2D eigenvalue weighted by Crippen LogP contribution is 2.25. The molecular formula is C24H27N5O2S. The molecule has 2 aromatic carbocycles. The molecule has 0 saturated carbocycles. The zero-order valence-corrected chi connectivity index (χ0v) is 19.6. The first-order valence-electron chi connectivity index (χ1n) is 10.7. The van der Waals surface area contributed by atoms with Crippen molar-refractivity contribution in [3.05, 3.63) is 63.9 Å². The van der Waals surface area contributed by atoms with E-state index in [-0.39, 0.29) is 17.2 Å². The van der Waals surface area contributed by atoms with Gasteiger partial charge in [-0.05, 0) is 55.5 Å². The molecule has 0 aliphatic carbocycles. The number of aryl methyl sites for hydroxylation is 1. The molecule has 0 aliphatic heterocycles. The summed E-state index contributed by atoms with van der Waals surface area (Å²) in [4.78, 5) is 25.8. The van der Waals surface area contributed by atoms with E-state index in [4.69, 9.17) is 0 Å². The molecule has 7 nitrogen and oxygen atoms in total. The molecule has 0 bridgehead atoms. The van der Waals surface area contributed by atoms with E-state index in [1.54, 1.807) is 4.57 Å². The van der Waals surface area contributed by atoms with E-state index in [0.29, 0.717) is 28.8 Å². The Hall–Kier alpha value is -3.13. The van der Waals surface area contributed by atoms with Crippen molar-refractivity contribution in [2.45, 2.75) is 39.3 Å². The van der Waals surface area contributed by atoms with Crippen LogP contribution in [-0.2, 0) is 4.79 Å². The minimum Gasteiger partial charge on any atom is -0.355 e.